The number of nitrogens with zero attached hydrogens (tertiary/aromatic N) is 3. The number of amides is 3. The summed E-state index contributed by atoms with van der Waals surface area (Å²) in [6.07, 6.45) is 0.501. The average Bonchev–Trinajstić information content (AvgIpc) is 3.18. The molecule has 0 aromatic heterocycles. The van der Waals surface area contributed by atoms with Gasteiger partial charge >= 0.3 is 0 Å². The summed E-state index contributed by atoms with van der Waals surface area (Å²) in [5, 5.41) is 8.78. The van der Waals surface area contributed by atoms with Crippen molar-refractivity contribution in [3.8, 4) is 0 Å². The molecule has 2 aromatic rings. The normalized spacial score (nSPS) is 18.0. The van der Waals surface area contributed by atoms with E-state index >= 15 is 0 Å². The Morgan fingerprint density at radius 1 is 1.11 bits per heavy atom. The number of hydrogen-bond donors (Lipinski definition) is 2. The lowest BCUT2D eigenvalue weighted by Gasteiger charge is -2.34. The molecule has 0 radical (unpaired) electrons. The molecule has 9 nitrogen and oxygen atoms in total. The average molecular weight is 528 g/mol. The minimum absolute atomic E-state index is 0. The lowest BCUT2D eigenvalue weighted by Crippen LogP contribution is -2.59. The number of hydrazone groups is 1. The second-order valence-electron chi connectivity index (χ2n) is 9.81. The zero-order valence-electron chi connectivity index (χ0n) is 21.1. The second kappa shape index (κ2) is 12.3. The maximum absolute atomic E-state index is 13.5. The van der Waals surface area contributed by atoms with E-state index in [2.05, 4.69) is 10.4 Å². The molecule has 0 bridgehead atoms. The first-order valence-electron chi connectivity index (χ1n) is 12.2. The van der Waals surface area contributed by atoms with E-state index in [1.54, 1.807) is 18.7 Å². The van der Waals surface area contributed by atoms with Gasteiger partial charge in [-0.3, -0.25) is 14.4 Å². The van der Waals surface area contributed by atoms with Gasteiger partial charge in [-0.25, -0.2) is 5.01 Å². The smallest absolute Gasteiger partial charge is 0.253 e. The van der Waals surface area contributed by atoms with Crippen molar-refractivity contribution in [3.05, 3.63) is 71.8 Å². The van der Waals surface area contributed by atoms with Crippen molar-refractivity contribution < 1.29 is 19.1 Å². The standard InChI is InChI=1S/C27H33N5O4.ClH/c1-27(2,28)26(35)29-23(18-36-17-20-11-7-4-8-12-20)25(34)31-14-13-22-21(16-31)24(33)32(30-22)15-19-9-5-3-6-10-19;/h3-12,21,23H,13-18,28H2,1-2H3,(H,29,35);1H. The molecule has 1 saturated heterocycles. The number of hydrogen-bond acceptors (Lipinski definition) is 6. The van der Waals surface area contributed by atoms with Gasteiger partial charge in [-0.05, 0) is 25.0 Å². The molecule has 0 saturated carbocycles. The molecule has 0 aliphatic carbocycles. The summed E-state index contributed by atoms with van der Waals surface area (Å²) in [7, 11) is 0. The van der Waals surface area contributed by atoms with Crippen molar-refractivity contribution in [2.24, 2.45) is 16.8 Å². The number of piperidine rings is 1. The molecule has 2 aliphatic heterocycles. The summed E-state index contributed by atoms with van der Waals surface area (Å²) in [6.45, 7) is 4.49. The Kier molecular flexibility index (Phi) is 9.42. The second-order valence-corrected chi connectivity index (χ2v) is 9.81. The fourth-order valence-electron chi connectivity index (χ4n) is 4.24. The fraction of sp³-hybridized carbons (Fsp3) is 0.407. The van der Waals surface area contributed by atoms with E-state index in [1.807, 2.05) is 60.7 Å². The van der Waals surface area contributed by atoms with Gasteiger partial charge in [0.05, 0.1) is 36.9 Å². The molecule has 2 heterocycles. The summed E-state index contributed by atoms with van der Waals surface area (Å²) in [4.78, 5) is 40.8. The minimum atomic E-state index is -1.15. The summed E-state index contributed by atoms with van der Waals surface area (Å²) in [5.41, 5.74) is 7.54. The van der Waals surface area contributed by atoms with Gasteiger partial charge in [0, 0.05) is 19.5 Å². The molecule has 2 unspecified atom stereocenters. The third-order valence-corrected chi connectivity index (χ3v) is 6.32. The van der Waals surface area contributed by atoms with Crippen molar-refractivity contribution in [2.75, 3.05) is 19.7 Å². The van der Waals surface area contributed by atoms with Gasteiger partial charge in [0.2, 0.25) is 11.8 Å². The Balaban J connectivity index is 0.00000380. The monoisotopic (exact) mass is 527 g/mol. The highest BCUT2D eigenvalue weighted by molar-refractivity contribution is 6.09. The van der Waals surface area contributed by atoms with E-state index in [0.29, 0.717) is 26.1 Å². The molecule has 3 amide bonds. The quantitative estimate of drug-likeness (QED) is 0.518. The summed E-state index contributed by atoms with van der Waals surface area (Å²) in [5.74, 6) is -1.34. The number of halogens is 1. The van der Waals surface area contributed by atoms with E-state index in [4.69, 9.17) is 10.5 Å². The lowest BCUT2D eigenvalue weighted by atomic mass is 9.95. The fourth-order valence-corrected chi connectivity index (χ4v) is 4.24. The van der Waals surface area contributed by atoms with Crippen LogP contribution in [0.15, 0.2) is 65.8 Å². The number of rotatable bonds is 9. The van der Waals surface area contributed by atoms with Crippen molar-refractivity contribution in [3.63, 3.8) is 0 Å². The highest BCUT2D eigenvalue weighted by atomic mass is 35.5. The molecule has 3 N–H and O–H groups in total. The van der Waals surface area contributed by atoms with Crippen molar-refractivity contribution in [1.29, 1.82) is 0 Å². The molecule has 10 heteroatoms. The molecule has 1 fully saturated rings. The molecule has 0 spiro atoms. The summed E-state index contributed by atoms with van der Waals surface area (Å²) in [6, 6.07) is 18.3. The van der Waals surface area contributed by atoms with E-state index < -0.39 is 23.4 Å². The number of likely N-dealkylation sites (tertiary alicyclic amines) is 1. The molecule has 2 atom stereocenters. The van der Waals surface area contributed by atoms with Crippen LogP contribution in [0, 0.1) is 5.92 Å². The molecule has 4 rings (SSSR count). The Hall–Kier alpha value is -3.27. The maximum atomic E-state index is 13.5. The highest BCUT2D eigenvalue weighted by Gasteiger charge is 2.42. The van der Waals surface area contributed by atoms with Gasteiger partial charge in [-0.2, -0.15) is 5.10 Å². The first-order valence-corrected chi connectivity index (χ1v) is 12.2. The van der Waals surface area contributed by atoms with Crippen LogP contribution >= 0.6 is 12.4 Å². The van der Waals surface area contributed by atoms with Crippen LogP contribution in [0.25, 0.3) is 0 Å². The number of fused-ring (bicyclic) bond motifs is 1. The predicted octanol–water partition coefficient (Wildman–Crippen LogP) is 2.09. The first kappa shape index (κ1) is 28.3. The van der Waals surface area contributed by atoms with Crippen LogP contribution in [0.1, 0.15) is 31.4 Å². The largest absolute Gasteiger partial charge is 0.374 e. The number of carbonyl (C=O) groups is 3. The Labute approximate surface area is 223 Å². The molecular weight excluding hydrogens is 494 g/mol. The van der Waals surface area contributed by atoms with Crippen LogP contribution in [-0.2, 0) is 32.3 Å². The van der Waals surface area contributed by atoms with Gasteiger partial charge in [0.25, 0.3) is 5.91 Å². The Morgan fingerprint density at radius 2 is 1.73 bits per heavy atom. The van der Waals surface area contributed by atoms with E-state index in [0.717, 1.165) is 16.8 Å². The SMILES string of the molecule is CC(C)(N)C(=O)NC(COCc1ccccc1)C(=O)N1CCC2=NN(Cc3ccccc3)C(=O)C2C1.Cl. The van der Waals surface area contributed by atoms with Gasteiger partial charge < -0.3 is 20.7 Å². The molecule has 2 aromatic carbocycles. The van der Waals surface area contributed by atoms with Crippen LogP contribution in [0.5, 0.6) is 0 Å². The number of nitrogens with two attached hydrogens (primary N) is 1. The third kappa shape index (κ3) is 7.15. The highest BCUT2D eigenvalue weighted by Crippen LogP contribution is 2.25. The van der Waals surface area contributed by atoms with Crippen LogP contribution in [0.3, 0.4) is 0 Å². The topological polar surface area (TPSA) is 117 Å². The zero-order valence-corrected chi connectivity index (χ0v) is 21.9. The minimum Gasteiger partial charge on any atom is -0.374 e. The van der Waals surface area contributed by atoms with E-state index in [-0.39, 0.29) is 37.4 Å². The number of ether oxygens (including phenoxy) is 1. The first-order chi connectivity index (χ1) is 17.2. The number of benzene rings is 2. The van der Waals surface area contributed by atoms with E-state index in [9.17, 15) is 14.4 Å². The van der Waals surface area contributed by atoms with Crippen LogP contribution in [0.4, 0.5) is 0 Å². The molecular formula is C27H34ClN5O4. The Morgan fingerprint density at radius 3 is 2.35 bits per heavy atom. The molecule has 37 heavy (non-hydrogen) atoms. The number of nitrogens with one attached hydrogen (secondary N) is 1. The van der Waals surface area contributed by atoms with Crippen molar-refractivity contribution >= 4 is 35.8 Å². The zero-order chi connectivity index (χ0) is 25.7. The number of carbonyl (C=O) groups excluding carboxylic acids is 3. The molecule has 2 aliphatic rings. The third-order valence-electron chi connectivity index (χ3n) is 6.32. The lowest BCUT2D eigenvalue weighted by molar-refractivity contribution is -0.141. The van der Waals surface area contributed by atoms with Gasteiger partial charge in [-0.1, -0.05) is 60.7 Å². The summed E-state index contributed by atoms with van der Waals surface area (Å²) < 4.78 is 5.80. The Bertz CT molecular complexity index is 1120. The van der Waals surface area contributed by atoms with Gasteiger partial charge in [0.1, 0.15) is 6.04 Å². The van der Waals surface area contributed by atoms with Crippen LogP contribution < -0.4 is 11.1 Å². The van der Waals surface area contributed by atoms with Gasteiger partial charge in [0.15, 0.2) is 0 Å². The maximum Gasteiger partial charge on any atom is 0.253 e. The van der Waals surface area contributed by atoms with Gasteiger partial charge in [-0.15, -0.1) is 12.4 Å². The van der Waals surface area contributed by atoms with Crippen LogP contribution in [-0.4, -0.2) is 64.6 Å². The van der Waals surface area contributed by atoms with E-state index in [1.165, 1.54) is 5.01 Å². The van der Waals surface area contributed by atoms with Crippen molar-refractivity contribution in [1.82, 2.24) is 15.2 Å². The predicted molar refractivity (Wildman–Crippen MR) is 143 cm³/mol. The summed E-state index contributed by atoms with van der Waals surface area (Å²) >= 11 is 0. The van der Waals surface area contributed by atoms with Crippen LogP contribution in [0.2, 0.25) is 0 Å². The van der Waals surface area contributed by atoms with Crippen molar-refractivity contribution in [2.45, 2.75) is 45.0 Å². The molecule has 198 valence electrons.